The van der Waals surface area contributed by atoms with Crippen LogP contribution in [0.5, 0.6) is 17.2 Å². The smallest absolute Gasteiger partial charge is 0.198 e. The Morgan fingerprint density at radius 3 is 2.18 bits per heavy atom. The van der Waals surface area contributed by atoms with Crippen molar-refractivity contribution in [2.24, 2.45) is 0 Å². The minimum atomic E-state index is 0.186. The lowest BCUT2D eigenvalue weighted by molar-refractivity contribution is 0.392. The Hall–Kier alpha value is -4.26. The second-order valence-electron chi connectivity index (χ2n) is 7.93. The summed E-state index contributed by atoms with van der Waals surface area (Å²) in [4.78, 5) is 18.2. The van der Waals surface area contributed by atoms with Crippen molar-refractivity contribution in [1.82, 2.24) is 19.9 Å². The predicted molar refractivity (Wildman–Crippen MR) is 132 cm³/mol. The fourth-order valence-corrected chi connectivity index (χ4v) is 3.52. The van der Waals surface area contributed by atoms with Crippen molar-refractivity contribution in [3.8, 4) is 51.4 Å². The van der Waals surface area contributed by atoms with E-state index in [0.29, 0.717) is 35.2 Å². The molecule has 0 radical (unpaired) electrons. The largest absolute Gasteiger partial charge is 0.508 e. The van der Waals surface area contributed by atoms with Crippen LogP contribution in [0.15, 0.2) is 72.6 Å². The summed E-state index contributed by atoms with van der Waals surface area (Å²) in [5.41, 5.74) is 5.21. The molecule has 0 bridgehead atoms. The predicted octanol–water partition coefficient (Wildman–Crippen LogP) is 5.50. The van der Waals surface area contributed by atoms with E-state index in [9.17, 15) is 5.11 Å². The minimum absolute atomic E-state index is 0.186. The first-order valence-electron chi connectivity index (χ1n) is 10.8. The van der Waals surface area contributed by atoms with Gasteiger partial charge in [-0.1, -0.05) is 11.6 Å². The number of ether oxygens (including phenoxy) is 2. The third-order valence-corrected chi connectivity index (χ3v) is 5.26. The van der Waals surface area contributed by atoms with Crippen molar-refractivity contribution in [3.05, 3.63) is 78.1 Å². The molecule has 7 nitrogen and oxygen atoms in total. The zero-order chi connectivity index (χ0) is 24.1. The van der Waals surface area contributed by atoms with Crippen molar-refractivity contribution in [3.63, 3.8) is 0 Å². The van der Waals surface area contributed by atoms with Crippen molar-refractivity contribution < 1.29 is 14.6 Å². The molecule has 2 aromatic heterocycles. The van der Waals surface area contributed by atoms with E-state index < -0.39 is 0 Å². The first kappa shape index (κ1) is 22.9. The molecule has 0 aliphatic heterocycles. The van der Waals surface area contributed by atoms with E-state index >= 15 is 0 Å². The van der Waals surface area contributed by atoms with E-state index in [0.717, 1.165) is 22.4 Å². The SMILES string of the molecule is COc1cc(OC)c(-c2cc(-c3ccc(O)cc3)nc(-c3ncccn3)n2)cc1CC=C(C)C. The molecule has 0 amide bonds. The van der Waals surface area contributed by atoms with E-state index in [1.165, 1.54) is 5.57 Å². The third kappa shape index (κ3) is 5.04. The molecule has 0 saturated carbocycles. The van der Waals surface area contributed by atoms with Gasteiger partial charge in [0.2, 0.25) is 0 Å². The zero-order valence-corrected chi connectivity index (χ0v) is 19.6. The fourth-order valence-electron chi connectivity index (χ4n) is 3.52. The van der Waals surface area contributed by atoms with Crippen LogP contribution >= 0.6 is 0 Å². The molecule has 34 heavy (non-hydrogen) atoms. The van der Waals surface area contributed by atoms with Crippen molar-refractivity contribution in [2.45, 2.75) is 20.3 Å². The van der Waals surface area contributed by atoms with Gasteiger partial charge in [-0.25, -0.2) is 19.9 Å². The highest BCUT2D eigenvalue weighted by molar-refractivity contribution is 5.75. The summed E-state index contributed by atoms with van der Waals surface area (Å²) in [5, 5.41) is 9.72. The van der Waals surface area contributed by atoms with Gasteiger partial charge >= 0.3 is 0 Å². The van der Waals surface area contributed by atoms with Gasteiger partial charge in [0.1, 0.15) is 17.2 Å². The van der Waals surface area contributed by atoms with Crippen LogP contribution < -0.4 is 9.47 Å². The number of allylic oxidation sites excluding steroid dienone is 2. The van der Waals surface area contributed by atoms with Gasteiger partial charge in [-0.15, -0.1) is 0 Å². The van der Waals surface area contributed by atoms with Gasteiger partial charge in [0.05, 0.1) is 25.6 Å². The van der Waals surface area contributed by atoms with E-state index in [1.807, 2.05) is 30.3 Å². The van der Waals surface area contributed by atoms with Gasteiger partial charge in [-0.05, 0) is 68.3 Å². The van der Waals surface area contributed by atoms with Crippen LogP contribution in [0.3, 0.4) is 0 Å². The number of hydrogen-bond donors (Lipinski definition) is 1. The Morgan fingerprint density at radius 2 is 1.53 bits per heavy atom. The molecule has 0 unspecified atom stereocenters. The number of nitrogens with zero attached hydrogens (tertiary/aromatic N) is 4. The van der Waals surface area contributed by atoms with Gasteiger partial charge in [0.25, 0.3) is 0 Å². The van der Waals surface area contributed by atoms with Crippen molar-refractivity contribution >= 4 is 0 Å². The molecular weight excluding hydrogens is 428 g/mol. The molecule has 0 saturated heterocycles. The Labute approximate surface area is 198 Å². The summed E-state index contributed by atoms with van der Waals surface area (Å²) >= 11 is 0. The van der Waals surface area contributed by atoms with Crippen LogP contribution in [0.25, 0.3) is 34.2 Å². The van der Waals surface area contributed by atoms with Crippen LogP contribution in [-0.2, 0) is 6.42 Å². The molecule has 0 fully saturated rings. The topological polar surface area (TPSA) is 90.2 Å². The number of rotatable bonds is 7. The van der Waals surface area contributed by atoms with Crippen LogP contribution in [0.1, 0.15) is 19.4 Å². The molecule has 4 aromatic rings. The molecule has 2 aromatic carbocycles. The monoisotopic (exact) mass is 454 g/mol. The number of benzene rings is 2. The molecule has 1 N–H and O–H groups in total. The molecule has 0 spiro atoms. The Bertz CT molecular complexity index is 1320. The van der Waals surface area contributed by atoms with Crippen LogP contribution in [0.2, 0.25) is 0 Å². The Balaban J connectivity index is 1.94. The Morgan fingerprint density at radius 1 is 0.853 bits per heavy atom. The maximum atomic E-state index is 9.72. The normalized spacial score (nSPS) is 10.6. The molecule has 172 valence electrons. The number of phenolic OH excluding ortho intramolecular Hbond substituents is 1. The van der Waals surface area contributed by atoms with Gasteiger partial charge in [0, 0.05) is 29.6 Å². The van der Waals surface area contributed by atoms with Gasteiger partial charge < -0.3 is 14.6 Å². The van der Waals surface area contributed by atoms with Crippen LogP contribution in [-0.4, -0.2) is 39.3 Å². The highest BCUT2D eigenvalue weighted by Crippen LogP contribution is 2.37. The van der Waals surface area contributed by atoms with Crippen LogP contribution in [0.4, 0.5) is 0 Å². The second-order valence-corrected chi connectivity index (χ2v) is 7.93. The summed E-state index contributed by atoms with van der Waals surface area (Å²) in [7, 11) is 3.27. The molecule has 4 rings (SSSR count). The zero-order valence-electron chi connectivity index (χ0n) is 19.6. The third-order valence-electron chi connectivity index (χ3n) is 5.26. The maximum Gasteiger partial charge on any atom is 0.198 e. The number of hydrogen-bond acceptors (Lipinski definition) is 7. The summed E-state index contributed by atoms with van der Waals surface area (Å²) in [6, 6.07) is 14.4. The minimum Gasteiger partial charge on any atom is -0.508 e. The summed E-state index contributed by atoms with van der Waals surface area (Å²) in [6.07, 6.45) is 6.18. The molecule has 0 aliphatic rings. The van der Waals surface area contributed by atoms with E-state index in [2.05, 4.69) is 29.9 Å². The lowest BCUT2D eigenvalue weighted by Gasteiger charge is -2.15. The lowest BCUT2D eigenvalue weighted by Crippen LogP contribution is -2.01. The Kier molecular flexibility index (Phi) is 6.82. The number of aromatic nitrogens is 4. The number of aromatic hydroxyl groups is 1. The fraction of sp³-hybridized carbons (Fsp3) is 0.185. The first-order chi connectivity index (χ1) is 16.5. The standard InChI is InChI=1S/C27H26N4O3/c1-17(2)6-7-19-14-21(25(34-4)16-24(19)33-3)23-15-22(18-8-10-20(32)11-9-18)30-27(31-23)26-28-12-5-13-29-26/h5-6,8-16,32H,7H2,1-4H3. The first-order valence-corrected chi connectivity index (χ1v) is 10.8. The van der Waals surface area contributed by atoms with Gasteiger partial charge in [0.15, 0.2) is 11.6 Å². The lowest BCUT2D eigenvalue weighted by atomic mass is 10.0. The summed E-state index contributed by atoms with van der Waals surface area (Å²) in [6.45, 7) is 4.13. The summed E-state index contributed by atoms with van der Waals surface area (Å²) < 4.78 is 11.3. The van der Waals surface area contributed by atoms with Gasteiger partial charge in [-0.3, -0.25) is 0 Å². The van der Waals surface area contributed by atoms with Crippen LogP contribution in [0, 0.1) is 0 Å². The summed E-state index contributed by atoms with van der Waals surface area (Å²) in [5.74, 6) is 2.38. The van der Waals surface area contributed by atoms with E-state index in [-0.39, 0.29) is 5.75 Å². The average Bonchev–Trinajstić information content (AvgIpc) is 2.87. The van der Waals surface area contributed by atoms with E-state index in [4.69, 9.17) is 19.4 Å². The maximum absolute atomic E-state index is 9.72. The quantitative estimate of drug-likeness (QED) is 0.369. The number of methoxy groups -OCH3 is 2. The second kappa shape index (κ2) is 10.1. The average molecular weight is 455 g/mol. The van der Waals surface area contributed by atoms with E-state index in [1.54, 1.807) is 44.8 Å². The highest BCUT2D eigenvalue weighted by atomic mass is 16.5. The molecular formula is C27H26N4O3. The molecule has 0 aliphatic carbocycles. The molecule has 2 heterocycles. The van der Waals surface area contributed by atoms with Crippen molar-refractivity contribution in [1.29, 1.82) is 0 Å². The molecule has 7 heteroatoms. The van der Waals surface area contributed by atoms with Gasteiger partial charge in [-0.2, -0.15) is 0 Å². The van der Waals surface area contributed by atoms with Crippen molar-refractivity contribution in [2.75, 3.05) is 14.2 Å². The highest BCUT2D eigenvalue weighted by Gasteiger charge is 2.17. The molecule has 0 atom stereocenters. The number of phenols is 1.